The van der Waals surface area contributed by atoms with E-state index in [1.54, 1.807) is 0 Å². The Morgan fingerprint density at radius 3 is 2.21 bits per heavy atom. The highest BCUT2D eigenvalue weighted by Gasteiger charge is 2.30. The fourth-order valence-corrected chi connectivity index (χ4v) is 8.22. The summed E-state index contributed by atoms with van der Waals surface area (Å²) in [7, 11) is 0. The summed E-state index contributed by atoms with van der Waals surface area (Å²) in [6.07, 6.45) is 4.59. The monoisotopic (exact) mass is 571 g/mol. The molecule has 0 radical (unpaired) electrons. The van der Waals surface area contributed by atoms with E-state index in [1.807, 2.05) is 11.3 Å². The fraction of sp³-hybridized carbons (Fsp3) is 0.122. The third kappa shape index (κ3) is 4.73. The summed E-state index contributed by atoms with van der Waals surface area (Å²) in [5, 5.41) is 5.30. The second-order valence-corrected chi connectivity index (χ2v) is 12.9. The number of rotatable bonds is 5. The van der Waals surface area contributed by atoms with Gasteiger partial charge in [-0.3, -0.25) is 0 Å². The fourth-order valence-electron chi connectivity index (χ4n) is 6.97. The van der Waals surface area contributed by atoms with Crippen LogP contribution in [-0.2, 0) is 0 Å². The summed E-state index contributed by atoms with van der Waals surface area (Å²) in [6.45, 7) is 2.44. The van der Waals surface area contributed by atoms with Crippen molar-refractivity contribution in [3.63, 3.8) is 0 Å². The van der Waals surface area contributed by atoms with E-state index in [4.69, 9.17) is 0 Å². The van der Waals surface area contributed by atoms with Gasteiger partial charge in [-0.05, 0) is 88.2 Å². The van der Waals surface area contributed by atoms with Gasteiger partial charge in [0.2, 0.25) is 0 Å². The van der Waals surface area contributed by atoms with Crippen LogP contribution in [-0.4, -0.2) is 6.04 Å². The van der Waals surface area contributed by atoms with Crippen LogP contribution < -0.4 is 4.90 Å². The van der Waals surface area contributed by atoms with Crippen molar-refractivity contribution in [3.05, 3.63) is 151 Å². The molecule has 1 heterocycles. The number of benzene rings is 6. The number of allylic oxidation sites excluding steroid dienone is 1. The molecule has 0 saturated heterocycles. The van der Waals surface area contributed by atoms with Crippen molar-refractivity contribution in [2.45, 2.75) is 25.8 Å². The Morgan fingerprint density at radius 1 is 0.605 bits per heavy atom. The van der Waals surface area contributed by atoms with Crippen molar-refractivity contribution in [1.82, 2.24) is 0 Å². The van der Waals surface area contributed by atoms with E-state index in [9.17, 15) is 0 Å². The molecule has 2 heteroatoms. The van der Waals surface area contributed by atoms with E-state index in [-0.39, 0.29) is 0 Å². The van der Waals surface area contributed by atoms with Crippen LogP contribution in [0.15, 0.2) is 146 Å². The molecule has 0 saturated carbocycles. The molecule has 0 N–H and O–H groups in total. The zero-order chi connectivity index (χ0) is 28.8. The van der Waals surface area contributed by atoms with E-state index in [0.29, 0.717) is 12.0 Å². The highest BCUT2D eigenvalue weighted by atomic mass is 32.1. The van der Waals surface area contributed by atoms with E-state index >= 15 is 0 Å². The average Bonchev–Trinajstić information content (AvgIpc) is 3.45. The van der Waals surface area contributed by atoms with Gasteiger partial charge >= 0.3 is 0 Å². The Labute approximate surface area is 257 Å². The Kier molecular flexibility index (Phi) is 6.58. The molecular weight excluding hydrogens is 539 g/mol. The Hall–Kier alpha value is -4.66. The maximum absolute atomic E-state index is 2.59. The summed E-state index contributed by atoms with van der Waals surface area (Å²) in [4.78, 5) is 2.59. The van der Waals surface area contributed by atoms with Gasteiger partial charge in [0.05, 0.1) is 0 Å². The van der Waals surface area contributed by atoms with Gasteiger partial charge in [-0.15, -0.1) is 11.3 Å². The van der Waals surface area contributed by atoms with Crippen molar-refractivity contribution < 1.29 is 0 Å². The van der Waals surface area contributed by atoms with Gasteiger partial charge in [-0.25, -0.2) is 0 Å². The minimum Gasteiger partial charge on any atom is -0.338 e. The second kappa shape index (κ2) is 10.9. The molecule has 1 aliphatic rings. The Bertz CT molecular complexity index is 2120. The lowest BCUT2D eigenvalue weighted by Crippen LogP contribution is -2.38. The first kappa shape index (κ1) is 26.0. The maximum atomic E-state index is 2.59. The number of thiophene rings is 1. The van der Waals surface area contributed by atoms with E-state index in [1.165, 1.54) is 64.6 Å². The van der Waals surface area contributed by atoms with Gasteiger partial charge in [-0.1, -0.05) is 116 Å². The molecule has 0 fully saturated rings. The Balaban J connectivity index is 1.18. The standard InChI is InChI=1S/C41H33NS/c1-28-25-33(36-18-10-19-38-37-17-7-8-20-40(37)43-41(36)38)23-24-39(28)42(34-14-3-2-4-15-34)35-16-9-13-31(27-35)32-22-21-29-11-5-6-12-30(29)26-32/h2-23,26-28,39H,24-25H2,1H3. The minimum atomic E-state index is 0.361. The van der Waals surface area contributed by atoms with Gasteiger partial charge < -0.3 is 4.90 Å². The van der Waals surface area contributed by atoms with Crippen molar-refractivity contribution >= 4 is 59.2 Å². The summed E-state index contributed by atoms with van der Waals surface area (Å²) in [6, 6.07) is 51.5. The largest absolute Gasteiger partial charge is 0.338 e. The van der Waals surface area contributed by atoms with Crippen molar-refractivity contribution in [3.8, 4) is 11.1 Å². The molecule has 43 heavy (non-hydrogen) atoms. The van der Waals surface area contributed by atoms with Crippen LogP contribution in [0.1, 0.15) is 25.3 Å². The Morgan fingerprint density at radius 2 is 1.33 bits per heavy atom. The van der Waals surface area contributed by atoms with E-state index in [0.717, 1.165) is 12.8 Å². The van der Waals surface area contributed by atoms with Crippen LogP contribution in [0.25, 0.3) is 47.6 Å². The van der Waals surface area contributed by atoms with Gasteiger partial charge in [0.25, 0.3) is 0 Å². The molecule has 1 nitrogen and oxygen atoms in total. The quantitative estimate of drug-likeness (QED) is 0.199. The highest BCUT2D eigenvalue weighted by molar-refractivity contribution is 7.26. The number of hydrogen-bond donors (Lipinski definition) is 0. The summed E-state index contributed by atoms with van der Waals surface area (Å²) < 4.78 is 2.79. The van der Waals surface area contributed by atoms with Gasteiger partial charge in [0, 0.05) is 37.6 Å². The second-order valence-electron chi connectivity index (χ2n) is 11.8. The smallest absolute Gasteiger partial charge is 0.0430 e. The van der Waals surface area contributed by atoms with E-state index in [2.05, 4.69) is 157 Å². The number of fused-ring (bicyclic) bond motifs is 4. The van der Waals surface area contributed by atoms with Crippen LogP contribution in [0, 0.1) is 5.92 Å². The van der Waals surface area contributed by atoms with Crippen molar-refractivity contribution in [1.29, 1.82) is 0 Å². The number of hydrogen-bond acceptors (Lipinski definition) is 2. The van der Waals surface area contributed by atoms with Crippen LogP contribution in [0.2, 0.25) is 0 Å². The van der Waals surface area contributed by atoms with Gasteiger partial charge in [-0.2, -0.15) is 0 Å². The molecule has 0 amide bonds. The lowest BCUT2D eigenvalue weighted by molar-refractivity contribution is 0.447. The summed E-state index contributed by atoms with van der Waals surface area (Å²) in [5.41, 5.74) is 7.90. The van der Waals surface area contributed by atoms with Crippen LogP contribution in [0.3, 0.4) is 0 Å². The molecule has 2 unspecified atom stereocenters. The lowest BCUT2D eigenvalue weighted by atomic mass is 9.81. The van der Waals surface area contributed by atoms with Gasteiger partial charge in [0.15, 0.2) is 0 Å². The maximum Gasteiger partial charge on any atom is 0.0430 e. The van der Waals surface area contributed by atoms with Gasteiger partial charge in [0.1, 0.15) is 0 Å². The third-order valence-electron chi connectivity index (χ3n) is 9.13. The molecule has 208 valence electrons. The molecule has 6 aromatic carbocycles. The lowest BCUT2D eigenvalue weighted by Gasteiger charge is -2.40. The number of nitrogens with zero attached hydrogens (tertiary/aromatic N) is 1. The first-order valence-corrected chi connectivity index (χ1v) is 16.1. The van der Waals surface area contributed by atoms with E-state index < -0.39 is 0 Å². The highest BCUT2D eigenvalue weighted by Crippen LogP contribution is 2.44. The van der Waals surface area contributed by atoms with Crippen molar-refractivity contribution in [2.75, 3.05) is 4.90 Å². The van der Waals surface area contributed by atoms with Crippen LogP contribution in [0.5, 0.6) is 0 Å². The molecule has 1 aromatic heterocycles. The minimum absolute atomic E-state index is 0.361. The van der Waals surface area contributed by atoms with Crippen LogP contribution >= 0.6 is 11.3 Å². The molecule has 0 bridgehead atoms. The first-order valence-electron chi connectivity index (χ1n) is 15.3. The SMILES string of the molecule is CC1CC(c2cccc3c2sc2ccccc23)=CCC1N(c1ccccc1)c1cccc(-c2ccc3ccccc3c2)c1. The molecule has 7 aromatic rings. The summed E-state index contributed by atoms with van der Waals surface area (Å²) in [5.74, 6) is 0.481. The van der Waals surface area contributed by atoms with Crippen LogP contribution in [0.4, 0.5) is 11.4 Å². The number of anilines is 2. The zero-order valence-electron chi connectivity index (χ0n) is 24.3. The third-order valence-corrected chi connectivity index (χ3v) is 10.3. The zero-order valence-corrected chi connectivity index (χ0v) is 25.1. The first-order chi connectivity index (χ1) is 21.2. The predicted molar refractivity (Wildman–Crippen MR) is 187 cm³/mol. The average molecular weight is 572 g/mol. The normalized spacial score (nSPS) is 16.9. The molecule has 0 aliphatic heterocycles. The molecular formula is C41H33NS. The van der Waals surface area contributed by atoms with Crippen molar-refractivity contribution in [2.24, 2.45) is 5.92 Å². The topological polar surface area (TPSA) is 3.24 Å². The molecule has 2 atom stereocenters. The molecule has 1 aliphatic carbocycles. The molecule has 0 spiro atoms. The molecule has 8 rings (SSSR count). The predicted octanol–water partition coefficient (Wildman–Crippen LogP) is 11.9. The summed E-state index contributed by atoms with van der Waals surface area (Å²) >= 11 is 1.93. The number of para-hydroxylation sites is 1.